The van der Waals surface area contributed by atoms with Gasteiger partial charge in [-0.25, -0.2) is 4.39 Å². The smallest absolute Gasteiger partial charge is 0.310 e. The summed E-state index contributed by atoms with van der Waals surface area (Å²) in [7, 11) is 1.78. The number of benzene rings is 2. The van der Waals surface area contributed by atoms with Gasteiger partial charge in [-0.05, 0) is 43.2 Å². The van der Waals surface area contributed by atoms with E-state index in [0.29, 0.717) is 29.3 Å². The van der Waals surface area contributed by atoms with Crippen LogP contribution in [-0.4, -0.2) is 34.8 Å². The highest BCUT2D eigenvalue weighted by molar-refractivity contribution is 6.36. The van der Waals surface area contributed by atoms with Crippen LogP contribution in [0.15, 0.2) is 36.4 Å². The van der Waals surface area contributed by atoms with Gasteiger partial charge in [0.15, 0.2) is 0 Å². The number of nitrogens with zero attached hydrogens (tertiary/aromatic N) is 1. The summed E-state index contributed by atoms with van der Waals surface area (Å²) in [6.45, 7) is 3.89. The summed E-state index contributed by atoms with van der Waals surface area (Å²) >= 11 is 6.44. The van der Waals surface area contributed by atoms with Gasteiger partial charge in [0.2, 0.25) is 0 Å². The van der Waals surface area contributed by atoms with Gasteiger partial charge in [-0.1, -0.05) is 29.8 Å². The molecule has 1 fully saturated rings. The lowest BCUT2D eigenvalue weighted by Gasteiger charge is -2.30. The lowest BCUT2D eigenvalue weighted by atomic mass is 9.86. The maximum atomic E-state index is 15.1. The van der Waals surface area contributed by atoms with Gasteiger partial charge in [0, 0.05) is 36.5 Å². The number of halogens is 2. The summed E-state index contributed by atoms with van der Waals surface area (Å²) in [6.07, 6.45) is 0.396. The normalized spacial score (nSPS) is 19.3. The van der Waals surface area contributed by atoms with Crippen LogP contribution >= 0.6 is 11.6 Å². The van der Waals surface area contributed by atoms with E-state index in [0.717, 1.165) is 16.5 Å². The minimum absolute atomic E-state index is 0.118. The van der Waals surface area contributed by atoms with Gasteiger partial charge in [-0.15, -0.1) is 0 Å². The Hall–Kier alpha value is -2.90. The third kappa shape index (κ3) is 3.65. The molecule has 1 aromatic heterocycles. The van der Waals surface area contributed by atoms with Gasteiger partial charge in [-0.3, -0.25) is 9.59 Å². The first-order valence-corrected chi connectivity index (χ1v) is 10.7. The second-order valence-corrected chi connectivity index (χ2v) is 8.73. The van der Waals surface area contributed by atoms with Crippen molar-refractivity contribution < 1.29 is 23.8 Å². The SMILES string of the molecule is Cc1ccc2c(cc(C(=O)NC3(c4ccc(C(C)C(=O)O)cc4F)CCOC3)n2C)c1Cl. The molecule has 0 spiro atoms. The molecule has 1 aliphatic heterocycles. The summed E-state index contributed by atoms with van der Waals surface area (Å²) in [5.41, 5.74) is 1.71. The highest BCUT2D eigenvalue weighted by atomic mass is 35.5. The molecule has 2 atom stereocenters. The molecule has 1 amide bonds. The number of carbonyl (C=O) groups is 2. The lowest BCUT2D eigenvalue weighted by Crippen LogP contribution is -2.47. The van der Waals surface area contributed by atoms with Crippen molar-refractivity contribution >= 4 is 34.4 Å². The molecule has 0 radical (unpaired) electrons. The van der Waals surface area contributed by atoms with Crippen LogP contribution in [0.1, 0.15) is 46.4 Å². The van der Waals surface area contributed by atoms with Crippen LogP contribution in [0.3, 0.4) is 0 Å². The van der Waals surface area contributed by atoms with Crippen LogP contribution in [0.4, 0.5) is 4.39 Å². The minimum atomic E-state index is -1.05. The molecule has 3 aromatic rings. The fourth-order valence-electron chi connectivity index (χ4n) is 4.26. The van der Waals surface area contributed by atoms with E-state index in [2.05, 4.69) is 5.32 Å². The largest absolute Gasteiger partial charge is 0.481 e. The molecule has 2 unspecified atom stereocenters. The number of carbonyl (C=O) groups excluding carboxylic acids is 1. The van der Waals surface area contributed by atoms with Crippen LogP contribution in [0.5, 0.6) is 0 Å². The topological polar surface area (TPSA) is 80.6 Å². The Morgan fingerprint density at radius 1 is 1.28 bits per heavy atom. The third-order valence-electron chi connectivity index (χ3n) is 6.34. The van der Waals surface area contributed by atoms with E-state index < -0.39 is 23.2 Å². The molecule has 2 heterocycles. The van der Waals surface area contributed by atoms with Crippen molar-refractivity contribution in [2.75, 3.05) is 13.2 Å². The van der Waals surface area contributed by atoms with Crippen LogP contribution in [0, 0.1) is 12.7 Å². The maximum Gasteiger partial charge on any atom is 0.310 e. The van der Waals surface area contributed by atoms with E-state index in [1.807, 2.05) is 19.1 Å². The number of hydrogen-bond donors (Lipinski definition) is 2. The number of hydrogen-bond acceptors (Lipinski definition) is 3. The molecule has 0 saturated carbocycles. The Labute approximate surface area is 189 Å². The molecular weight excluding hydrogens is 435 g/mol. The molecule has 168 valence electrons. The monoisotopic (exact) mass is 458 g/mol. The number of aryl methyl sites for hydroxylation is 2. The Morgan fingerprint density at radius 3 is 2.66 bits per heavy atom. The first-order valence-electron chi connectivity index (χ1n) is 10.3. The van der Waals surface area contributed by atoms with Crippen molar-refractivity contribution in [1.29, 1.82) is 0 Å². The van der Waals surface area contributed by atoms with Crippen LogP contribution in [-0.2, 0) is 22.1 Å². The van der Waals surface area contributed by atoms with Gasteiger partial charge >= 0.3 is 5.97 Å². The van der Waals surface area contributed by atoms with Gasteiger partial charge in [0.1, 0.15) is 11.5 Å². The van der Waals surface area contributed by atoms with Crippen molar-refractivity contribution in [2.45, 2.75) is 31.7 Å². The zero-order valence-electron chi connectivity index (χ0n) is 18.0. The first kappa shape index (κ1) is 22.3. The van der Waals surface area contributed by atoms with Crippen LogP contribution in [0.2, 0.25) is 5.02 Å². The quantitative estimate of drug-likeness (QED) is 0.589. The number of nitrogens with one attached hydrogen (secondary N) is 1. The Morgan fingerprint density at radius 2 is 2.03 bits per heavy atom. The predicted octanol–water partition coefficient (Wildman–Crippen LogP) is 4.51. The standard InChI is InChI=1S/C24H24ClFN2O4/c1-13-4-7-19-16(21(13)25)11-20(28(19)3)22(29)27-24(8-9-32-12-24)17-6-5-15(10-18(17)26)14(2)23(30)31/h4-7,10-11,14H,8-9,12H2,1-3H3,(H,27,29)(H,30,31). The molecule has 2 N–H and O–H groups in total. The van der Waals surface area contributed by atoms with Crippen LogP contribution < -0.4 is 5.32 Å². The van der Waals surface area contributed by atoms with E-state index in [1.165, 1.54) is 13.0 Å². The summed E-state index contributed by atoms with van der Waals surface area (Å²) in [5, 5.41) is 13.6. The number of aromatic nitrogens is 1. The fourth-order valence-corrected chi connectivity index (χ4v) is 4.47. The zero-order valence-corrected chi connectivity index (χ0v) is 18.8. The minimum Gasteiger partial charge on any atom is -0.481 e. The number of aliphatic carboxylic acids is 1. The van der Waals surface area contributed by atoms with Gasteiger partial charge in [0.05, 0.1) is 23.1 Å². The number of fused-ring (bicyclic) bond motifs is 1. The average Bonchev–Trinajstić information content (AvgIpc) is 3.35. The highest BCUT2D eigenvalue weighted by Gasteiger charge is 2.41. The van der Waals surface area contributed by atoms with E-state index in [4.69, 9.17) is 16.3 Å². The van der Waals surface area contributed by atoms with Gasteiger partial charge in [0.25, 0.3) is 5.91 Å². The summed E-state index contributed by atoms with van der Waals surface area (Å²) in [5.74, 6) is -2.82. The number of amides is 1. The first-order chi connectivity index (χ1) is 15.1. The number of rotatable bonds is 5. The molecule has 8 heteroatoms. The van der Waals surface area contributed by atoms with E-state index >= 15 is 4.39 Å². The molecular formula is C24H24ClFN2O4. The van der Waals surface area contributed by atoms with Gasteiger partial charge < -0.3 is 19.7 Å². The summed E-state index contributed by atoms with van der Waals surface area (Å²) in [6, 6.07) is 9.89. The van der Waals surface area contributed by atoms with Crippen molar-refractivity contribution in [2.24, 2.45) is 7.05 Å². The van der Waals surface area contributed by atoms with E-state index in [9.17, 15) is 14.7 Å². The molecule has 0 bridgehead atoms. The lowest BCUT2D eigenvalue weighted by molar-refractivity contribution is -0.138. The van der Waals surface area contributed by atoms with E-state index in [1.54, 1.807) is 29.8 Å². The number of carboxylic acid groups (broad SMARTS) is 1. The summed E-state index contributed by atoms with van der Waals surface area (Å²) < 4.78 is 22.4. The van der Waals surface area contributed by atoms with Crippen molar-refractivity contribution in [3.05, 3.63) is 69.6 Å². The molecule has 4 rings (SSSR count). The van der Waals surface area contributed by atoms with Crippen molar-refractivity contribution in [1.82, 2.24) is 9.88 Å². The molecule has 1 aliphatic rings. The fraction of sp³-hybridized carbons (Fsp3) is 0.333. The summed E-state index contributed by atoms with van der Waals surface area (Å²) in [4.78, 5) is 24.6. The Balaban J connectivity index is 1.71. The van der Waals surface area contributed by atoms with Crippen LogP contribution in [0.25, 0.3) is 10.9 Å². The highest BCUT2D eigenvalue weighted by Crippen LogP contribution is 2.35. The maximum absolute atomic E-state index is 15.1. The molecule has 1 saturated heterocycles. The van der Waals surface area contributed by atoms with Crippen molar-refractivity contribution in [3.63, 3.8) is 0 Å². The van der Waals surface area contributed by atoms with Crippen molar-refractivity contribution in [3.8, 4) is 0 Å². The second kappa shape index (κ2) is 8.22. The average molecular weight is 459 g/mol. The zero-order chi connectivity index (χ0) is 23.2. The predicted molar refractivity (Wildman–Crippen MR) is 120 cm³/mol. The Bertz CT molecular complexity index is 1230. The molecule has 6 nitrogen and oxygen atoms in total. The third-order valence-corrected chi connectivity index (χ3v) is 6.84. The second-order valence-electron chi connectivity index (χ2n) is 8.36. The Kier molecular flexibility index (Phi) is 5.73. The van der Waals surface area contributed by atoms with E-state index in [-0.39, 0.29) is 18.1 Å². The molecule has 32 heavy (non-hydrogen) atoms. The number of carboxylic acids is 1. The molecule has 2 aromatic carbocycles. The molecule has 0 aliphatic carbocycles. The van der Waals surface area contributed by atoms with Gasteiger partial charge in [-0.2, -0.15) is 0 Å². The number of ether oxygens (including phenoxy) is 1.